The third-order valence-electron chi connectivity index (χ3n) is 4.76. The Kier molecular flexibility index (Phi) is 4.21. The Hall–Kier alpha value is -3.39. The van der Waals surface area contributed by atoms with Gasteiger partial charge in [0.1, 0.15) is 17.9 Å². The Balaban J connectivity index is 1.75. The van der Waals surface area contributed by atoms with Gasteiger partial charge in [-0.3, -0.25) is 0 Å². The van der Waals surface area contributed by atoms with Gasteiger partial charge in [0.25, 0.3) is 0 Å². The normalized spacial score (nSPS) is 12.3. The number of benzene rings is 2. The van der Waals surface area contributed by atoms with Crippen molar-refractivity contribution >= 4 is 32.8 Å². The smallest absolute Gasteiger partial charge is 0.231 e. The second kappa shape index (κ2) is 6.89. The first-order chi connectivity index (χ1) is 14.1. The molecule has 0 saturated heterocycles. The highest BCUT2D eigenvalue weighted by atomic mass is 79.9. The highest BCUT2D eigenvalue weighted by molar-refractivity contribution is 9.10. The molecule has 8 heteroatoms. The lowest BCUT2D eigenvalue weighted by molar-refractivity contribution is 0.174. The van der Waals surface area contributed by atoms with E-state index in [0.717, 1.165) is 38.4 Å². The first-order valence-corrected chi connectivity index (χ1v) is 9.58. The molecule has 1 aliphatic rings. The van der Waals surface area contributed by atoms with Crippen molar-refractivity contribution in [2.75, 3.05) is 19.6 Å². The van der Waals surface area contributed by atoms with E-state index in [9.17, 15) is 0 Å². The van der Waals surface area contributed by atoms with Crippen LogP contribution in [0.25, 0.3) is 33.4 Å². The highest BCUT2D eigenvalue weighted by Crippen LogP contribution is 2.39. The van der Waals surface area contributed by atoms with E-state index >= 15 is 0 Å². The Morgan fingerprint density at radius 3 is 2.66 bits per heavy atom. The van der Waals surface area contributed by atoms with Crippen LogP contribution in [0.5, 0.6) is 17.2 Å². The van der Waals surface area contributed by atoms with Crippen LogP contribution in [0.4, 0.5) is 5.82 Å². The van der Waals surface area contributed by atoms with Gasteiger partial charge in [0.05, 0.1) is 22.7 Å². The number of halogens is 1. The molecule has 0 amide bonds. The summed E-state index contributed by atoms with van der Waals surface area (Å²) in [6.45, 7) is 0.221. The topological polar surface area (TPSA) is 92.4 Å². The Morgan fingerprint density at radius 1 is 1.00 bits per heavy atom. The number of hydrogen-bond acceptors (Lipinski definition) is 7. The molecular weight excluding hydrogens is 436 g/mol. The van der Waals surface area contributed by atoms with Crippen molar-refractivity contribution in [3.8, 4) is 39.6 Å². The molecule has 0 aliphatic carbocycles. The SMILES string of the molecule is COc1ccc(-c2cc(-c3ccc4c(c3)OCO4)nc3ncnc(N)c23)cc1Br. The van der Waals surface area contributed by atoms with Gasteiger partial charge in [-0.2, -0.15) is 0 Å². The van der Waals surface area contributed by atoms with E-state index in [1.165, 1.54) is 6.33 Å². The number of anilines is 1. The highest BCUT2D eigenvalue weighted by Gasteiger charge is 2.18. The van der Waals surface area contributed by atoms with Crippen molar-refractivity contribution in [1.29, 1.82) is 0 Å². The number of pyridine rings is 1. The van der Waals surface area contributed by atoms with Crippen molar-refractivity contribution in [3.63, 3.8) is 0 Å². The van der Waals surface area contributed by atoms with Crippen LogP contribution < -0.4 is 19.9 Å². The number of methoxy groups -OCH3 is 1. The van der Waals surface area contributed by atoms with E-state index in [-0.39, 0.29) is 6.79 Å². The number of nitrogens with two attached hydrogens (primary N) is 1. The molecule has 3 heterocycles. The van der Waals surface area contributed by atoms with Gasteiger partial charge in [-0.1, -0.05) is 6.07 Å². The fourth-order valence-electron chi connectivity index (χ4n) is 3.35. The minimum atomic E-state index is 0.221. The van der Waals surface area contributed by atoms with E-state index in [2.05, 4.69) is 25.9 Å². The van der Waals surface area contributed by atoms with Crippen molar-refractivity contribution in [2.24, 2.45) is 0 Å². The molecule has 2 aromatic carbocycles. The minimum absolute atomic E-state index is 0.221. The van der Waals surface area contributed by atoms with Crippen molar-refractivity contribution in [1.82, 2.24) is 15.0 Å². The minimum Gasteiger partial charge on any atom is -0.496 e. The van der Waals surface area contributed by atoms with Crippen LogP contribution in [-0.4, -0.2) is 28.9 Å². The summed E-state index contributed by atoms with van der Waals surface area (Å²) in [5, 5.41) is 0.703. The first kappa shape index (κ1) is 17.7. The van der Waals surface area contributed by atoms with Gasteiger partial charge in [-0.25, -0.2) is 15.0 Å². The first-order valence-electron chi connectivity index (χ1n) is 8.79. The molecule has 29 heavy (non-hydrogen) atoms. The molecule has 7 nitrogen and oxygen atoms in total. The quantitative estimate of drug-likeness (QED) is 0.492. The van der Waals surface area contributed by atoms with E-state index < -0.39 is 0 Å². The Bertz CT molecular complexity index is 1260. The molecule has 0 saturated carbocycles. The van der Waals surface area contributed by atoms with Gasteiger partial charge < -0.3 is 19.9 Å². The molecule has 2 aromatic heterocycles. The number of nitrogens with zero attached hydrogens (tertiary/aromatic N) is 3. The van der Waals surface area contributed by atoms with Gasteiger partial charge in [0.15, 0.2) is 17.1 Å². The Labute approximate surface area is 174 Å². The fourth-order valence-corrected chi connectivity index (χ4v) is 3.89. The summed E-state index contributed by atoms with van der Waals surface area (Å²) in [6, 6.07) is 13.5. The van der Waals surface area contributed by atoms with E-state index in [1.54, 1.807) is 7.11 Å². The van der Waals surface area contributed by atoms with Crippen molar-refractivity contribution < 1.29 is 14.2 Å². The van der Waals surface area contributed by atoms with E-state index in [4.69, 9.17) is 24.9 Å². The van der Waals surface area contributed by atoms with Crippen LogP contribution in [0.2, 0.25) is 0 Å². The largest absolute Gasteiger partial charge is 0.496 e. The molecule has 144 valence electrons. The molecular formula is C21H15BrN4O3. The molecule has 0 unspecified atom stereocenters. The molecule has 0 fully saturated rings. The third kappa shape index (κ3) is 3.01. The summed E-state index contributed by atoms with van der Waals surface area (Å²) in [7, 11) is 1.63. The number of fused-ring (bicyclic) bond motifs is 2. The summed E-state index contributed by atoms with van der Waals surface area (Å²) in [4.78, 5) is 13.2. The van der Waals surface area contributed by atoms with Crippen LogP contribution in [0, 0.1) is 0 Å². The van der Waals surface area contributed by atoms with Crippen LogP contribution >= 0.6 is 15.9 Å². The lowest BCUT2D eigenvalue weighted by atomic mass is 9.99. The third-order valence-corrected chi connectivity index (χ3v) is 5.38. The van der Waals surface area contributed by atoms with E-state index in [0.29, 0.717) is 22.6 Å². The van der Waals surface area contributed by atoms with Gasteiger partial charge >= 0.3 is 0 Å². The monoisotopic (exact) mass is 450 g/mol. The molecule has 0 spiro atoms. The van der Waals surface area contributed by atoms with E-state index in [1.807, 2.05) is 42.5 Å². The second-order valence-electron chi connectivity index (χ2n) is 6.43. The number of hydrogen-bond donors (Lipinski definition) is 1. The zero-order valence-electron chi connectivity index (χ0n) is 15.3. The van der Waals surface area contributed by atoms with Gasteiger partial charge in [0, 0.05) is 5.56 Å². The number of rotatable bonds is 3. The van der Waals surface area contributed by atoms with Gasteiger partial charge in [-0.15, -0.1) is 0 Å². The maximum atomic E-state index is 6.19. The summed E-state index contributed by atoms with van der Waals surface area (Å²) in [6.07, 6.45) is 1.42. The summed E-state index contributed by atoms with van der Waals surface area (Å²) in [5.74, 6) is 2.54. The van der Waals surface area contributed by atoms with Crippen molar-refractivity contribution in [2.45, 2.75) is 0 Å². The predicted molar refractivity (Wildman–Crippen MR) is 113 cm³/mol. The maximum Gasteiger partial charge on any atom is 0.231 e. The van der Waals surface area contributed by atoms with Gasteiger partial charge in [0.2, 0.25) is 6.79 Å². The lowest BCUT2D eigenvalue weighted by Gasteiger charge is -2.12. The van der Waals surface area contributed by atoms with Crippen LogP contribution in [-0.2, 0) is 0 Å². The number of aromatic nitrogens is 3. The summed E-state index contributed by atoms with van der Waals surface area (Å²) < 4.78 is 17.1. The molecule has 0 atom stereocenters. The number of nitrogen functional groups attached to an aromatic ring is 1. The Morgan fingerprint density at radius 2 is 1.83 bits per heavy atom. The average Bonchev–Trinajstić information content (AvgIpc) is 3.21. The summed E-state index contributed by atoms with van der Waals surface area (Å²) in [5.41, 5.74) is 10.2. The second-order valence-corrected chi connectivity index (χ2v) is 7.28. The number of ether oxygens (including phenoxy) is 3. The lowest BCUT2D eigenvalue weighted by Crippen LogP contribution is -1.99. The molecule has 4 aromatic rings. The zero-order valence-corrected chi connectivity index (χ0v) is 16.9. The van der Waals surface area contributed by atoms with Crippen LogP contribution in [0.1, 0.15) is 0 Å². The van der Waals surface area contributed by atoms with Crippen molar-refractivity contribution in [3.05, 3.63) is 53.3 Å². The van der Waals surface area contributed by atoms with Crippen LogP contribution in [0.3, 0.4) is 0 Å². The molecule has 0 bridgehead atoms. The predicted octanol–water partition coefficient (Wildman–Crippen LogP) is 4.44. The van der Waals surface area contributed by atoms with Gasteiger partial charge in [-0.05, 0) is 63.5 Å². The molecule has 5 rings (SSSR count). The van der Waals surface area contributed by atoms with Crippen LogP contribution in [0.15, 0.2) is 53.3 Å². The zero-order chi connectivity index (χ0) is 20.0. The molecule has 1 aliphatic heterocycles. The summed E-state index contributed by atoms with van der Waals surface area (Å²) >= 11 is 3.55. The fraction of sp³-hybridized carbons (Fsp3) is 0.0952. The average molecular weight is 451 g/mol. The molecule has 2 N–H and O–H groups in total. The molecule has 0 radical (unpaired) electrons. The maximum absolute atomic E-state index is 6.19. The standard InChI is InChI=1S/C21H15BrN4O3/c1-27-16-4-2-11(6-14(16)22)13-8-15(26-21-19(13)20(23)24-9-25-21)12-3-5-17-18(7-12)29-10-28-17/h2-9H,10H2,1H3,(H2,23,24,25,26).